The molecule has 1 aromatic carbocycles. The van der Waals surface area contributed by atoms with Crippen molar-refractivity contribution in [3.8, 4) is 5.75 Å². The number of hydrogen-bond acceptors (Lipinski definition) is 3. The summed E-state index contributed by atoms with van der Waals surface area (Å²) in [7, 11) is 0. The van der Waals surface area contributed by atoms with Gasteiger partial charge in [0.25, 0.3) is 0 Å². The predicted molar refractivity (Wildman–Crippen MR) is 86.7 cm³/mol. The fourth-order valence-corrected chi connectivity index (χ4v) is 3.95. The van der Waals surface area contributed by atoms with E-state index in [9.17, 15) is 0 Å². The predicted octanol–water partition coefficient (Wildman–Crippen LogP) is 3.19. The Labute approximate surface area is 128 Å². The van der Waals surface area contributed by atoms with Gasteiger partial charge in [0, 0.05) is 31.7 Å². The summed E-state index contributed by atoms with van der Waals surface area (Å²) in [5, 5.41) is 3.63. The minimum Gasteiger partial charge on any atom is -0.494 e. The van der Waals surface area contributed by atoms with Crippen LogP contribution in [0.5, 0.6) is 5.75 Å². The van der Waals surface area contributed by atoms with Crippen LogP contribution in [-0.4, -0.2) is 36.7 Å². The number of nitrogens with zero attached hydrogens (tertiary/aromatic N) is 1. The quantitative estimate of drug-likeness (QED) is 0.921. The molecule has 3 heteroatoms. The summed E-state index contributed by atoms with van der Waals surface area (Å²) in [5.41, 5.74) is 1.78. The first-order chi connectivity index (χ1) is 10.3. The molecule has 1 aliphatic carbocycles. The highest BCUT2D eigenvalue weighted by Gasteiger charge is 2.39. The molecule has 1 saturated heterocycles. The Morgan fingerprint density at radius 2 is 2.10 bits per heavy atom. The Morgan fingerprint density at radius 1 is 1.24 bits per heavy atom. The van der Waals surface area contributed by atoms with Gasteiger partial charge in [0.1, 0.15) is 5.75 Å². The average molecular weight is 288 g/mol. The van der Waals surface area contributed by atoms with Gasteiger partial charge in [-0.15, -0.1) is 0 Å². The van der Waals surface area contributed by atoms with Gasteiger partial charge in [0.05, 0.1) is 6.61 Å². The lowest BCUT2D eigenvalue weighted by Gasteiger charge is -2.50. The molecule has 3 rings (SSSR count). The van der Waals surface area contributed by atoms with E-state index in [1.165, 1.54) is 44.2 Å². The van der Waals surface area contributed by atoms with Gasteiger partial charge in [-0.3, -0.25) is 4.90 Å². The smallest absolute Gasteiger partial charge is 0.119 e. The van der Waals surface area contributed by atoms with Crippen molar-refractivity contribution in [2.75, 3.05) is 26.2 Å². The van der Waals surface area contributed by atoms with E-state index in [2.05, 4.69) is 34.5 Å². The van der Waals surface area contributed by atoms with Crippen LogP contribution in [0.2, 0.25) is 0 Å². The third kappa shape index (κ3) is 3.41. The van der Waals surface area contributed by atoms with Crippen LogP contribution >= 0.6 is 0 Å². The highest BCUT2D eigenvalue weighted by molar-refractivity contribution is 5.28. The molecule has 1 aromatic rings. The number of rotatable bonds is 4. The average Bonchev–Trinajstić information content (AvgIpc) is 2.52. The van der Waals surface area contributed by atoms with Crippen molar-refractivity contribution in [1.29, 1.82) is 0 Å². The minimum atomic E-state index is 0.401. The van der Waals surface area contributed by atoms with Crippen LogP contribution in [0.15, 0.2) is 24.3 Å². The second-order valence-corrected chi connectivity index (χ2v) is 6.46. The van der Waals surface area contributed by atoms with E-state index in [0.29, 0.717) is 5.54 Å². The molecule has 0 aromatic heterocycles. The molecule has 0 unspecified atom stereocenters. The Bertz CT molecular complexity index is 446. The standard InChI is InChI=1S/C18H28N2O/c1-2-21-17-8-6-7-16(13-17)14-20-12-11-19-15-18(20)9-4-3-5-10-18/h6-8,13,19H,2-5,9-12,14-15H2,1H3. The molecule has 3 nitrogen and oxygen atoms in total. The van der Waals surface area contributed by atoms with Crippen molar-refractivity contribution in [3.63, 3.8) is 0 Å². The number of ether oxygens (including phenoxy) is 1. The van der Waals surface area contributed by atoms with E-state index in [-0.39, 0.29) is 0 Å². The molecule has 1 heterocycles. The molecule has 1 spiro atoms. The summed E-state index contributed by atoms with van der Waals surface area (Å²) in [4.78, 5) is 2.73. The molecule has 1 aliphatic heterocycles. The van der Waals surface area contributed by atoms with Crippen LogP contribution in [0.3, 0.4) is 0 Å². The molecule has 1 N–H and O–H groups in total. The zero-order chi connectivity index (χ0) is 14.5. The van der Waals surface area contributed by atoms with E-state index in [1.807, 2.05) is 6.92 Å². The molecule has 0 amide bonds. The van der Waals surface area contributed by atoms with Gasteiger partial charge in [-0.05, 0) is 37.5 Å². The zero-order valence-electron chi connectivity index (χ0n) is 13.2. The van der Waals surface area contributed by atoms with Crippen molar-refractivity contribution in [2.24, 2.45) is 0 Å². The summed E-state index contributed by atoms with van der Waals surface area (Å²) >= 11 is 0. The van der Waals surface area contributed by atoms with Crippen LogP contribution in [0, 0.1) is 0 Å². The van der Waals surface area contributed by atoms with Crippen molar-refractivity contribution >= 4 is 0 Å². The van der Waals surface area contributed by atoms with Gasteiger partial charge >= 0.3 is 0 Å². The number of nitrogens with one attached hydrogen (secondary N) is 1. The third-order valence-electron chi connectivity index (χ3n) is 5.05. The molecule has 2 fully saturated rings. The molecular weight excluding hydrogens is 260 g/mol. The van der Waals surface area contributed by atoms with Crippen LogP contribution in [0.25, 0.3) is 0 Å². The highest BCUT2D eigenvalue weighted by atomic mass is 16.5. The Morgan fingerprint density at radius 3 is 2.90 bits per heavy atom. The monoisotopic (exact) mass is 288 g/mol. The molecule has 0 radical (unpaired) electrons. The van der Waals surface area contributed by atoms with Crippen LogP contribution < -0.4 is 10.1 Å². The lowest BCUT2D eigenvalue weighted by atomic mass is 9.79. The van der Waals surface area contributed by atoms with Crippen LogP contribution in [-0.2, 0) is 6.54 Å². The van der Waals surface area contributed by atoms with Crippen LogP contribution in [0.1, 0.15) is 44.6 Å². The van der Waals surface area contributed by atoms with Gasteiger partial charge in [-0.1, -0.05) is 31.4 Å². The first-order valence-electron chi connectivity index (χ1n) is 8.50. The maximum Gasteiger partial charge on any atom is 0.119 e. The van der Waals surface area contributed by atoms with Crippen molar-refractivity contribution in [2.45, 2.75) is 51.1 Å². The van der Waals surface area contributed by atoms with Crippen molar-refractivity contribution in [1.82, 2.24) is 10.2 Å². The van der Waals surface area contributed by atoms with Gasteiger partial charge in [0.2, 0.25) is 0 Å². The lowest BCUT2D eigenvalue weighted by Crippen LogP contribution is -2.61. The van der Waals surface area contributed by atoms with E-state index in [1.54, 1.807) is 0 Å². The second kappa shape index (κ2) is 6.80. The fourth-order valence-electron chi connectivity index (χ4n) is 3.95. The topological polar surface area (TPSA) is 24.5 Å². The van der Waals surface area contributed by atoms with Crippen molar-refractivity contribution < 1.29 is 4.74 Å². The first-order valence-corrected chi connectivity index (χ1v) is 8.50. The van der Waals surface area contributed by atoms with E-state index < -0.39 is 0 Å². The number of piperazine rings is 1. The maximum absolute atomic E-state index is 5.64. The molecule has 0 atom stereocenters. The van der Waals surface area contributed by atoms with Crippen LogP contribution in [0.4, 0.5) is 0 Å². The van der Waals surface area contributed by atoms with E-state index >= 15 is 0 Å². The lowest BCUT2D eigenvalue weighted by molar-refractivity contribution is 0.0208. The Balaban J connectivity index is 1.73. The molecule has 21 heavy (non-hydrogen) atoms. The zero-order valence-corrected chi connectivity index (χ0v) is 13.2. The molecule has 1 saturated carbocycles. The van der Waals surface area contributed by atoms with Crippen molar-refractivity contribution in [3.05, 3.63) is 29.8 Å². The Hall–Kier alpha value is -1.06. The van der Waals surface area contributed by atoms with Gasteiger partial charge in [0.15, 0.2) is 0 Å². The van der Waals surface area contributed by atoms with Gasteiger partial charge in [-0.25, -0.2) is 0 Å². The molecule has 0 bridgehead atoms. The maximum atomic E-state index is 5.64. The largest absolute Gasteiger partial charge is 0.494 e. The molecule has 2 aliphatic rings. The summed E-state index contributed by atoms with van der Waals surface area (Å²) in [5.74, 6) is 1.00. The van der Waals surface area contributed by atoms with Gasteiger partial charge < -0.3 is 10.1 Å². The minimum absolute atomic E-state index is 0.401. The summed E-state index contributed by atoms with van der Waals surface area (Å²) in [6.07, 6.45) is 6.89. The molecule has 116 valence electrons. The number of hydrogen-bond donors (Lipinski definition) is 1. The first kappa shape index (κ1) is 14.9. The van der Waals surface area contributed by atoms with E-state index in [0.717, 1.165) is 32.0 Å². The fraction of sp³-hybridized carbons (Fsp3) is 0.667. The normalized spacial score (nSPS) is 22.3. The summed E-state index contributed by atoms with van der Waals surface area (Å²) in [6, 6.07) is 8.63. The van der Waals surface area contributed by atoms with Gasteiger partial charge in [-0.2, -0.15) is 0 Å². The molecular formula is C18H28N2O. The SMILES string of the molecule is CCOc1cccc(CN2CCNCC23CCCCC3)c1. The summed E-state index contributed by atoms with van der Waals surface area (Å²) < 4.78 is 5.64. The highest BCUT2D eigenvalue weighted by Crippen LogP contribution is 2.35. The third-order valence-corrected chi connectivity index (χ3v) is 5.05. The number of benzene rings is 1. The summed E-state index contributed by atoms with van der Waals surface area (Å²) in [6.45, 7) is 7.29. The van der Waals surface area contributed by atoms with E-state index in [4.69, 9.17) is 4.74 Å². The Kier molecular flexibility index (Phi) is 4.81. The second-order valence-electron chi connectivity index (χ2n) is 6.46.